The van der Waals surface area contributed by atoms with E-state index >= 15 is 0 Å². The van der Waals surface area contributed by atoms with Crippen molar-refractivity contribution in [3.8, 4) is 5.75 Å². The van der Waals surface area contributed by atoms with Gasteiger partial charge in [-0.25, -0.2) is 0 Å². The van der Waals surface area contributed by atoms with E-state index in [4.69, 9.17) is 4.74 Å². The van der Waals surface area contributed by atoms with Crippen molar-refractivity contribution in [3.05, 3.63) is 29.3 Å². The predicted molar refractivity (Wildman–Crippen MR) is 82.3 cm³/mol. The summed E-state index contributed by atoms with van der Waals surface area (Å²) in [5.74, 6) is 0.994. The van der Waals surface area contributed by atoms with Gasteiger partial charge in [-0.1, -0.05) is 13.0 Å². The van der Waals surface area contributed by atoms with Gasteiger partial charge in [-0.2, -0.15) is 0 Å². The van der Waals surface area contributed by atoms with E-state index in [-0.39, 0.29) is 0 Å². The largest absolute Gasteiger partial charge is 0.497 e. The molecule has 1 fully saturated rings. The SMILES string of the molecule is CCN(C1CCCNC1)C1CCc2ccc(OC)cc21. The molecule has 2 unspecified atom stereocenters. The van der Waals surface area contributed by atoms with Crippen molar-refractivity contribution in [2.75, 3.05) is 26.7 Å². The van der Waals surface area contributed by atoms with Crippen LogP contribution in [0.3, 0.4) is 0 Å². The summed E-state index contributed by atoms with van der Waals surface area (Å²) in [4.78, 5) is 2.71. The van der Waals surface area contributed by atoms with Gasteiger partial charge in [0.2, 0.25) is 0 Å². The van der Waals surface area contributed by atoms with E-state index < -0.39 is 0 Å². The van der Waals surface area contributed by atoms with E-state index in [0.29, 0.717) is 12.1 Å². The fourth-order valence-corrected chi connectivity index (χ4v) is 3.88. The molecule has 3 rings (SSSR count). The van der Waals surface area contributed by atoms with Crippen molar-refractivity contribution in [3.63, 3.8) is 0 Å². The maximum atomic E-state index is 5.42. The summed E-state index contributed by atoms with van der Waals surface area (Å²) in [7, 11) is 1.76. The van der Waals surface area contributed by atoms with Gasteiger partial charge in [0, 0.05) is 18.6 Å². The topological polar surface area (TPSA) is 24.5 Å². The molecule has 0 radical (unpaired) electrons. The number of nitrogens with zero attached hydrogens (tertiary/aromatic N) is 1. The third kappa shape index (κ3) is 2.57. The van der Waals surface area contributed by atoms with Crippen LogP contribution in [-0.2, 0) is 6.42 Å². The van der Waals surface area contributed by atoms with Crippen LogP contribution >= 0.6 is 0 Å². The molecule has 1 aliphatic carbocycles. The summed E-state index contributed by atoms with van der Waals surface area (Å²) < 4.78 is 5.42. The molecule has 0 amide bonds. The van der Waals surface area contributed by atoms with Gasteiger partial charge in [0.15, 0.2) is 0 Å². The minimum absolute atomic E-state index is 0.579. The molecule has 2 aliphatic rings. The molecule has 3 heteroatoms. The van der Waals surface area contributed by atoms with E-state index in [1.165, 1.54) is 43.4 Å². The molecule has 110 valence electrons. The van der Waals surface area contributed by atoms with E-state index in [1.54, 1.807) is 7.11 Å². The standard InChI is InChI=1S/C17H26N2O/c1-3-19(14-5-4-10-18-12-14)17-9-7-13-6-8-15(20-2)11-16(13)17/h6,8,11,14,17-18H,3-5,7,9-10,12H2,1-2H3. The molecule has 1 aromatic rings. The van der Waals surface area contributed by atoms with Gasteiger partial charge < -0.3 is 10.1 Å². The zero-order valence-electron chi connectivity index (χ0n) is 12.7. The lowest BCUT2D eigenvalue weighted by molar-refractivity contribution is 0.118. The Balaban J connectivity index is 1.83. The quantitative estimate of drug-likeness (QED) is 0.913. The summed E-state index contributed by atoms with van der Waals surface area (Å²) in [5, 5.41) is 3.55. The number of ether oxygens (including phenoxy) is 1. The molecule has 0 aromatic heterocycles. The Morgan fingerprint density at radius 1 is 1.35 bits per heavy atom. The van der Waals surface area contributed by atoms with E-state index in [2.05, 4.69) is 35.3 Å². The first kappa shape index (κ1) is 13.9. The maximum Gasteiger partial charge on any atom is 0.119 e. The average molecular weight is 274 g/mol. The Morgan fingerprint density at radius 3 is 2.95 bits per heavy atom. The highest BCUT2D eigenvalue weighted by Gasteiger charge is 2.32. The summed E-state index contributed by atoms with van der Waals surface area (Å²) in [6, 6.07) is 7.87. The highest BCUT2D eigenvalue weighted by molar-refractivity contribution is 5.41. The Labute approximate surface area is 122 Å². The molecule has 1 N–H and O–H groups in total. The Bertz CT molecular complexity index is 454. The number of hydrogen-bond acceptors (Lipinski definition) is 3. The average Bonchev–Trinajstić information content (AvgIpc) is 2.92. The van der Waals surface area contributed by atoms with Gasteiger partial charge in [0.05, 0.1) is 7.11 Å². The minimum atomic E-state index is 0.579. The summed E-state index contributed by atoms with van der Waals surface area (Å²) in [6.07, 6.45) is 5.10. The third-order valence-corrected chi connectivity index (χ3v) is 4.90. The number of fused-ring (bicyclic) bond motifs is 1. The first-order valence-corrected chi connectivity index (χ1v) is 7.96. The van der Waals surface area contributed by atoms with Crippen LogP contribution in [0, 0.1) is 0 Å². The Kier molecular flexibility index (Phi) is 4.27. The molecule has 0 saturated carbocycles. The fourth-order valence-electron chi connectivity index (χ4n) is 3.88. The number of methoxy groups -OCH3 is 1. The maximum absolute atomic E-state index is 5.42. The molecule has 0 spiro atoms. The number of rotatable bonds is 4. The van der Waals surface area contributed by atoms with Gasteiger partial charge in [-0.15, -0.1) is 0 Å². The molecule has 2 atom stereocenters. The Morgan fingerprint density at radius 2 is 2.25 bits per heavy atom. The van der Waals surface area contributed by atoms with Crippen LogP contribution in [0.2, 0.25) is 0 Å². The normalized spacial score (nSPS) is 25.8. The van der Waals surface area contributed by atoms with Crippen molar-refractivity contribution in [2.45, 2.75) is 44.7 Å². The number of piperidine rings is 1. The molecule has 20 heavy (non-hydrogen) atoms. The number of likely N-dealkylation sites (N-methyl/N-ethyl adjacent to an activating group) is 1. The zero-order valence-corrected chi connectivity index (χ0v) is 12.7. The second-order valence-corrected chi connectivity index (χ2v) is 5.95. The molecule has 1 saturated heterocycles. The highest BCUT2D eigenvalue weighted by Crippen LogP contribution is 2.39. The van der Waals surface area contributed by atoms with Gasteiger partial charge in [-0.05, 0) is 62.0 Å². The first-order valence-electron chi connectivity index (χ1n) is 7.96. The van der Waals surface area contributed by atoms with Crippen molar-refractivity contribution in [2.24, 2.45) is 0 Å². The molecule has 0 bridgehead atoms. The summed E-state index contributed by atoms with van der Waals surface area (Å²) in [5.41, 5.74) is 3.01. The van der Waals surface area contributed by atoms with E-state index in [9.17, 15) is 0 Å². The number of aryl methyl sites for hydroxylation is 1. The minimum Gasteiger partial charge on any atom is -0.497 e. The molecule has 1 aromatic carbocycles. The van der Waals surface area contributed by atoms with Gasteiger partial charge in [0.25, 0.3) is 0 Å². The number of benzene rings is 1. The molecular weight excluding hydrogens is 248 g/mol. The monoisotopic (exact) mass is 274 g/mol. The van der Waals surface area contributed by atoms with Crippen LogP contribution in [0.4, 0.5) is 0 Å². The number of nitrogens with one attached hydrogen (secondary N) is 1. The van der Waals surface area contributed by atoms with E-state index in [0.717, 1.165) is 18.8 Å². The molecule has 1 heterocycles. The molecule has 3 nitrogen and oxygen atoms in total. The highest BCUT2D eigenvalue weighted by atomic mass is 16.5. The van der Waals surface area contributed by atoms with Crippen LogP contribution in [0.15, 0.2) is 18.2 Å². The third-order valence-electron chi connectivity index (χ3n) is 4.90. The Hall–Kier alpha value is -1.06. The number of hydrogen-bond donors (Lipinski definition) is 1. The lowest BCUT2D eigenvalue weighted by Crippen LogP contribution is -2.47. The van der Waals surface area contributed by atoms with Crippen molar-refractivity contribution < 1.29 is 4.74 Å². The smallest absolute Gasteiger partial charge is 0.119 e. The van der Waals surface area contributed by atoms with Gasteiger partial charge in [0.1, 0.15) is 5.75 Å². The first-order chi connectivity index (χ1) is 9.83. The van der Waals surface area contributed by atoms with Crippen LogP contribution in [-0.4, -0.2) is 37.7 Å². The van der Waals surface area contributed by atoms with Gasteiger partial charge in [-0.3, -0.25) is 4.90 Å². The van der Waals surface area contributed by atoms with Gasteiger partial charge >= 0.3 is 0 Å². The van der Waals surface area contributed by atoms with Crippen molar-refractivity contribution >= 4 is 0 Å². The summed E-state index contributed by atoms with van der Waals surface area (Å²) in [6.45, 7) is 5.76. The van der Waals surface area contributed by atoms with Crippen LogP contribution in [0.1, 0.15) is 43.4 Å². The summed E-state index contributed by atoms with van der Waals surface area (Å²) >= 11 is 0. The lowest BCUT2D eigenvalue weighted by Gasteiger charge is -2.38. The fraction of sp³-hybridized carbons (Fsp3) is 0.647. The van der Waals surface area contributed by atoms with Crippen LogP contribution in [0.5, 0.6) is 5.75 Å². The molecular formula is C17H26N2O. The second kappa shape index (κ2) is 6.15. The van der Waals surface area contributed by atoms with Crippen LogP contribution in [0.25, 0.3) is 0 Å². The van der Waals surface area contributed by atoms with Crippen molar-refractivity contribution in [1.82, 2.24) is 10.2 Å². The van der Waals surface area contributed by atoms with Crippen LogP contribution < -0.4 is 10.1 Å². The lowest BCUT2D eigenvalue weighted by atomic mass is 10.00. The second-order valence-electron chi connectivity index (χ2n) is 5.95. The zero-order chi connectivity index (χ0) is 13.9. The molecule has 1 aliphatic heterocycles. The van der Waals surface area contributed by atoms with Crippen molar-refractivity contribution in [1.29, 1.82) is 0 Å². The predicted octanol–water partition coefficient (Wildman–Crippen LogP) is 2.76. The van der Waals surface area contributed by atoms with E-state index in [1.807, 2.05) is 0 Å².